The summed E-state index contributed by atoms with van der Waals surface area (Å²) in [6.07, 6.45) is 0.911. The molecule has 0 saturated carbocycles. The van der Waals surface area contributed by atoms with Crippen molar-refractivity contribution in [3.05, 3.63) is 91.0 Å². The zero-order chi connectivity index (χ0) is 16.2. The fraction of sp³-hybridized carbons (Fsp3) is 0.0500. The molecule has 0 amide bonds. The molecule has 0 aromatic heterocycles. The van der Waals surface area contributed by atoms with E-state index in [1.807, 2.05) is 91.0 Å². The van der Waals surface area contributed by atoms with Crippen LogP contribution in [0.2, 0.25) is 0 Å². The molecule has 1 N–H and O–H groups in total. The molecule has 23 heavy (non-hydrogen) atoms. The summed E-state index contributed by atoms with van der Waals surface area (Å²) >= 11 is 0. The summed E-state index contributed by atoms with van der Waals surface area (Å²) in [5.74, 6) is 0. The molecule has 0 heterocycles. The van der Waals surface area contributed by atoms with Crippen LogP contribution < -0.4 is 15.9 Å². The fourth-order valence-corrected chi connectivity index (χ4v) is 7.42. The van der Waals surface area contributed by atoms with E-state index in [0.717, 1.165) is 22.2 Å². The molecule has 0 aliphatic carbocycles. The minimum atomic E-state index is -3.80. The molecule has 0 saturated heterocycles. The van der Waals surface area contributed by atoms with Gasteiger partial charge in [-0.05, 0) is 0 Å². The summed E-state index contributed by atoms with van der Waals surface area (Å²) in [4.78, 5) is 23.9. The number of hydrogen-bond donors (Lipinski definition) is 1. The Morgan fingerprint density at radius 1 is 0.652 bits per heavy atom. The van der Waals surface area contributed by atoms with E-state index >= 15 is 0 Å². The summed E-state index contributed by atoms with van der Waals surface area (Å²) in [5.41, 5.74) is 0. The molecular weight excluding hydrogens is 303 g/mol. The van der Waals surface area contributed by atoms with Gasteiger partial charge in [-0.1, -0.05) is 0 Å². The molecular formula is C20H19O2P. The first kappa shape index (κ1) is 15.6. The van der Waals surface area contributed by atoms with E-state index in [2.05, 4.69) is 0 Å². The SMILES string of the molecule is O=CCP(O)(c1ccccc1)(c1ccccc1)c1ccccc1. The van der Waals surface area contributed by atoms with E-state index in [1.165, 1.54) is 0 Å². The van der Waals surface area contributed by atoms with E-state index in [-0.39, 0.29) is 6.16 Å². The van der Waals surface area contributed by atoms with Gasteiger partial charge in [-0.3, -0.25) is 0 Å². The Morgan fingerprint density at radius 3 is 1.22 bits per heavy atom. The van der Waals surface area contributed by atoms with Crippen LogP contribution in [0, 0.1) is 0 Å². The monoisotopic (exact) mass is 322 g/mol. The standard InChI is InChI=1S/C20H19O2P/c21-16-17-23(22,18-10-4-1-5-11-18,19-12-6-2-7-13-19)20-14-8-3-9-15-20/h1-16,22H,17H2. The van der Waals surface area contributed by atoms with Crippen molar-refractivity contribution in [2.45, 2.75) is 0 Å². The Balaban J connectivity index is 2.43. The fourth-order valence-electron chi connectivity index (χ4n) is 3.16. The van der Waals surface area contributed by atoms with Crippen molar-refractivity contribution < 1.29 is 9.69 Å². The third-order valence-corrected chi connectivity index (χ3v) is 9.46. The van der Waals surface area contributed by atoms with Crippen molar-refractivity contribution in [1.82, 2.24) is 0 Å². The molecule has 3 rings (SSSR count). The Labute approximate surface area is 136 Å². The van der Waals surface area contributed by atoms with Gasteiger partial charge in [0.05, 0.1) is 0 Å². The third-order valence-electron chi connectivity index (χ3n) is 4.37. The van der Waals surface area contributed by atoms with Crippen molar-refractivity contribution in [3.63, 3.8) is 0 Å². The molecule has 3 aromatic carbocycles. The Bertz CT molecular complexity index is 686. The Hall–Kier alpha value is -2.28. The molecule has 0 radical (unpaired) electrons. The van der Waals surface area contributed by atoms with Gasteiger partial charge in [0.1, 0.15) is 0 Å². The van der Waals surface area contributed by atoms with Gasteiger partial charge in [-0.15, -0.1) is 0 Å². The van der Waals surface area contributed by atoms with E-state index in [1.54, 1.807) is 0 Å². The van der Waals surface area contributed by atoms with E-state index in [9.17, 15) is 9.69 Å². The second-order valence-electron chi connectivity index (χ2n) is 5.61. The maximum absolute atomic E-state index is 12.3. The summed E-state index contributed by atoms with van der Waals surface area (Å²) in [7, 11) is 0. The molecule has 3 aromatic rings. The van der Waals surface area contributed by atoms with Crippen LogP contribution in [0.15, 0.2) is 91.0 Å². The minimum absolute atomic E-state index is 0.0731. The molecule has 2 nitrogen and oxygen atoms in total. The normalized spacial score (nSPS) is 13.0. The average Bonchev–Trinajstić information content (AvgIpc) is 2.64. The predicted molar refractivity (Wildman–Crippen MR) is 98.3 cm³/mol. The predicted octanol–water partition coefficient (Wildman–Crippen LogP) is 2.62. The Morgan fingerprint density at radius 2 is 0.957 bits per heavy atom. The van der Waals surface area contributed by atoms with E-state index in [0.29, 0.717) is 0 Å². The van der Waals surface area contributed by atoms with Gasteiger partial charge < -0.3 is 0 Å². The van der Waals surface area contributed by atoms with Crippen LogP contribution in [0.4, 0.5) is 0 Å². The van der Waals surface area contributed by atoms with Gasteiger partial charge in [0, 0.05) is 0 Å². The van der Waals surface area contributed by atoms with Crippen molar-refractivity contribution in [2.75, 3.05) is 6.16 Å². The quantitative estimate of drug-likeness (QED) is 0.579. The molecule has 0 atom stereocenters. The summed E-state index contributed by atoms with van der Waals surface area (Å²) < 4.78 is 0. The van der Waals surface area contributed by atoms with Crippen molar-refractivity contribution in [3.8, 4) is 0 Å². The van der Waals surface area contributed by atoms with Gasteiger partial charge in [0.2, 0.25) is 0 Å². The van der Waals surface area contributed by atoms with Crippen molar-refractivity contribution >= 4 is 29.0 Å². The van der Waals surface area contributed by atoms with Crippen LogP contribution in [0.5, 0.6) is 0 Å². The number of benzene rings is 3. The molecule has 0 unspecified atom stereocenters. The number of carbonyl (C=O) groups excluding carboxylic acids is 1. The van der Waals surface area contributed by atoms with Gasteiger partial charge in [0.25, 0.3) is 0 Å². The summed E-state index contributed by atoms with van der Waals surface area (Å²) in [6, 6.07) is 28.7. The number of carbonyl (C=O) groups is 1. The first-order valence-corrected chi connectivity index (χ1v) is 9.94. The number of aldehydes is 1. The van der Waals surface area contributed by atoms with Crippen molar-refractivity contribution in [1.29, 1.82) is 0 Å². The van der Waals surface area contributed by atoms with Crippen LogP contribution in [-0.4, -0.2) is 17.3 Å². The van der Waals surface area contributed by atoms with E-state index < -0.39 is 6.83 Å². The topological polar surface area (TPSA) is 37.3 Å². The van der Waals surface area contributed by atoms with Crippen LogP contribution in [0.3, 0.4) is 0 Å². The van der Waals surface area contributed by atoms with Crippen LogP contribution in [0.1, 0.15) is 0 Å². The van der Waals surface area contributed by atoms with Crippen LogP contribution in [-0.2, 0) is 4.79 Å². The molecule has 116 valence electrons. The zero-order valence-corrected chi connectivity index (χ0v) is 13.6. The number of rotatable bonds is 5. The molecule has 3 heteroatoms. The van der Waals surface area contributed by atoms with Gasteiger partial charge in [-0.25, -0.2) is 0 Å². The third kappa shape index (κ3) is 2.41. The number of hydrogen-bond acceptors (Lipinski definition) is 2. The van der Waals surface area contributed by atoms with Crippen LogP contribution >= 0.6 is 6.83 Å². The molecule has 0 aliphatic rings. The Kier molecular flexibility index (Phi) is 4.12. The van der Waals surface area contributed by atoms with Gasteiger partial charge in [-0.2, -0.15) is 0 Å². The van der Waals surface area contributed by atoms with Crippen molar-refractivity contribution in [2.24, 2.45) is 0 Å². The summed E-state index contributed by atoms with van der Waals surface area (Å²) in [5, 5.41) is 2.43. The van der Waals surface area contributed by atoms with Gasteiger partial charge >= 0.3 is 136 Å². The summed E-state index contributed by atoms with van der Waals surface area (Å²) in [6.45, 7) is -3.80. The van der Waals surface area contributed by atoms with E-state index in [4.69, 9.17) is 0 Å². The molecule has 0 aliphatic heterocycles. The second-order valence-corrected chi connectivity index (χ2v) is 10.0. The van der Waals surface area contributed by atoms with Gasteiger partial charge in [0.15, 0.2) is 0 Å². The molecule has 0 fully saturated rings. The van der Waals surface area contributed by atoms with Crippen LogP contribution in [0.25, 0.3) is 0 Å². The first-order valence-electron chi connectivity index (χ1n) is 7.56. The second kappa shape index (κ2) is 6.08. The average molecular weight is 322 g/mol. The molecule has 0 spiro atoms. The maximum atomic E-state index is 12.3. The first-order chi connectivity index (χ1) is 11.2. The zero-order valence-electron chi connectivity index (χ0n) is 12.7. The molecule has 0 bridgehead atoms.